The van der Waals surface area contributed by atoms with Gasteiger partial charge in [-0.15, -0.1) is 0 Å². The topological polar surface area (TPSA) is 61.8 Å². The van der Waals surface area contributed by atoms with Crippen molar-refractivity contribution in [3.05, 3.63) is 58.7 Å². The second kappa shape index (κ2) is 8.04. The summed E-state index contributed by atoms with van der Waals surface area (Å²) in [6.45, 7) is 1.35. The fraction of sp³-hybridized carbons (Fsp3) is 0.333. The molecule has 0 fully saturated rings. The number of fused-ring (bicyclic) bond motifs is 1. The quantitative estimate of drug-likeness (QED) is 0.562. The predicted octanol–water partition coefficient (Wildman–Crippen LogP) is 3.51. The number of rotatable bonds is 7. The zero-order chi connectivity index (χ0) is 18.5. The number of Topliss-reactive ketones (excluding diaryl/α,β-unsaturated/α-hetero) is 1. The molecule has 5 heteroatoms. The van der Waals surface area contributed by atoms with Gasteiger partial charge < -0.3 is 14.2 Å². The SMILES string of the molecule is COc1ccc(C(C)=O)cc1COC(=O)COc1ccc2c(c1)CCC2. The van der Waals surface area contributed by atoms with Gasteiger partial charge in [0.25, 0.3) is 0 Å². The molecule has 5 nitrogen and oxygen atoms in total. The Morgan fingerprint density at radius 3 is 2.62 bits per heavy atom. The summed E-state index contributed by atoms with van der Waals surface area (Å²) in [5, 5.41) is 0. The van der Waals surface area contributed by atoms with E-state index in [0.717, 1.165) is 12.8 Å². The maximum atomic E-state index is 12.0. The predicted molar refractivity (Wildman–Crippen MR) is 96.8 cm³/mol. The molecular formula is C21H22O5. The minimum atomic E-state index is -0.472. The van der Waals surface area contributed by atoms with Crippen LogP contribution < -0.4 is 9.47 Å². The molecule has 3 rings (SSSR count). The molecule has 0 aliphatic heterocycles. The number of esters is 1. The van der Waals surface area contributed by atoms with Crippen molar-refractivity contribution in [3.8, 4) is 11.5 Å². The van der Waals surface area contributed by atoms with E-state index in [-0.39, 0.29) is 19.0 Å². The number of ketones is 1. The van der Waals surface area contributed by atoms with Crippen molar-refractivity contribution < 1.29 is 23.8 Å². The normalized spacial score (nSPS) is 12.4. The smallest absolute Gasteiger partial charge is 0.344 e. The third-order valence-corrected chi connectivity index (χ3v) is 4.50. The van der Waals surface area contributed by atoms with Crippen molar-refractivity contribution in [2.75, 3.05) is 13.7 Å². The van der Waals surface area contributed by atoms with E-state index < -0.39 is 5.97 Å². The van der Waals surface area contributed by atoms with Gasteiger partial charge in [0.15, 0.2) is 12.4 Å². The Morgan fingerprint density at radius 1 is 1.04 bits per heavy atom. The molecular weight excluding hydrogens is 332 g/mol. The lowest BCUT2D eigenvalue weighted by molar-refractivity contribution is -0.147. The molecule has 2 aromatic carbocycles. The van der Waals surface area contributed by atoms with Gasteiger partial charge >= 0.3 is 5.97 Å². The number of ether oxygens (including phenoxy) is 3. The molecule has 2 aromatic rings. The van der Waals surface area contributed by atoms with Crippen LogP contribution in [0.3, 0.4) is 0 Å². The first-order valence-corrected chi connectivity index (χ1v) is 8.65. The van der Waals surface area contributed by atoms with Crippen LogP contribution in [0.4, 0.5) is 0 Å². The highest BCUT2D eigenvalue weighted by molar-refractivity contribution is 5.94. The fourth-order valence-corrected chi connectivity index (χ4v) is 3.09. The lowest BCUT2D eigenvalue weighted by atomic mass is 10.1. The van der Waals surface area contributed by atoms with Gasteiger partial charge in [0.2, 0.25) is 0 Å². The van der Waals surface area contributed by atoms with E-state index in [2.05, 4.69) is 6.07 Å². The van der Waals surface area contributed by atoms with Crippen LogP contribution in [0.25, 0.3) is 0 Å². The lowest BCUT2D eigenvalue weighted by Crippen LogP contribution is -2.15. The summed E-state index contributed by atoms with van der Waals surface area (Å²) in [6, 6.07) is 11.0. The number of methoxy groups -OCH3 is 1. The van der Waals surface area contributed by atoms with Gasteiger partial charge in [-0.25, -0.2) is 4.79 Å². The van der Waals surface area contributed by atoms with Gasteiger partial charge in [-0.05, 0) is 67.6 Å². The third-order valence-electron chi connectivity index (χ3n) is 4.50. The van der Waals surface area contributed by atoms with Crippen molar-refractivity contribution in [2.45, 2.75) is 32.8 Å². The number of carbonyl (C=O) groups excluding carboxylic acids is 2. The van der Waals surface area contributed by atoms with Gasteiger partial charge in [-0.2, -0.15) is 0 Å². The van der Waals surface area contributed by atoms with E-state index in [9.17, 15) is 9.59 Å². The summed E-state index contributed by atoms with van der Waals surface area (Å²) in [5.74, 6) is 0.724. The summed E-state index contributed by atoms with van der Waals surface area (Å²) in [7, 11) is 1.53. The van der Waals surface area contributed by atoms with Crippen molar-refractivity contribution in [3.63, 3.8) is 0 Å². The molecule has 0 bridgehead atoms. The second-order valence-electron chi connectivity index (χ2n) is 6.32. The van der Waals surface area contributed by atoms with Gasteiger partial charge in [-0.3, -0.25) is 4.79 Å². The molecule has 1 aliphatic rings. The molecule has 0 saturated carbocycles. The van der Waals surface area contributed by atoms with Crippen LogP contribution in [0.1, 0.15) is 40.4 Å². The van der Waals surface area contributed by atoms with Crippen LogP contribution in [-0.4, -0.2) is 25.5 Å². The zero-order valence-electron chi connectivity index (χ0n) is 15.0. The number of hydrogen-bond acceptors (Lipinski definition) is 5. The molecule has 0 N–H and O–H groups in total. The highest BCUT2D eigenvalue weighted by Crippen LogP contribution is 2.26. The molecule has 0 heterocycles. The van der Waals surface area contributed by atoms with Crippen molar-refractivity contribution >= 4 is 11.8 Å². The van der Waals surface area contributed by atoms with Crippen LogP contribution in [-0.2, 0) is 29.0 Å². The van der Waals surface area contributed by atoms with Crippen molar-refractivity contribution in [2.24, 2.45) is 0 Å². The molecule has 0 amide bonds. The van der Waals surface area contributed by atoms with Gasteiger partial charge in [0.1, 0.15) is 18.1 Å². The first kappa shape index (κ1) is 18.0. The maximum Gasteiger partial charge on any atom is 0.344 e. The van der Waals surface area contributed by atoms with E-state index >= 15 is 0 Å². The Balaban J connectivity index is 1.55. The Hall–Kier alpha value is -2.82. The third kappa shape index (κ3) is 4.23. The van der Waals surface area contributed by atoms with E-state index in [4.69, 9.17) is 14.2 Å². The zero-order valence-corrected chi connectivity index (χ0v) is 15.0. The molecule has 1 aliphatic carbocycles. The molecule has 136 valence electrons. The van der Waals surface area contributed by atoms with Crippen LogP contribution in [0.5, 0.6) is 11.5 Å². The number of aryl methyl sites for hydroxylation is 2. The average molecular weight is 354 g/mol. The van der Waals surface area contributed by atoms with Crippen molar-refractivity contribution in [1.82, 2.24) is 0 Å². The second-order valence-corrected chi connectivity index (χ2v) is 6.32. The summed E-state index contributed by atoms with van der Waals surface area (Å²) >= 11 is 0. The average Bonchev–Trinajstić information content (AvgIpc) is 3.12. The monoisotopic (exact) mass is 354 g/mol. The van der Waals surface area contributed by atoms with Crippen LogP contribution in [0.2, 0.25) is 0 Å². The molecule has 0 saturated heterocycles. The Labute approximate surface area is 152 Å². The Morgan fingerprint density at radius 2 is 1.85 bits per heavy atom. The Kier molecular flexibility index (Phi) is 5.56. The standard InChI is InChI=1S/C21H22O5/c1-14(22)16-7-9-20(24-2)18(10-16)12-26-21(23)13-25-19-8-6-15-4-3-5-17(15)11-19/h6-11H,3-5,12-13H2,1-2H3. The Bertz CT molecular complexity index is 825. The van der Waals surface area contributed by atoms with E-state index in [1.165, 1.54) is 31.6 Å². The summed E-state index contributed by atoms with van der Waals surface area (Å²) in [6.07, 6.45) is 3.34. The molecule has 0 spiro atoms. The number of benzene rings is 2. The summed E-state index contributed by atoms with van der Waals surface area (Å²) in [5.41, 5.74) is 3.84. The van der Waals surface area contributed by atoms with E-state index in [1.807, 2.05) is 12.1 Å². The number of hydrogen-bond donors (Lipinski definition) is 0. The number of carbonyl (C=O) groups is 2. The van der Waals surface area contributed by atoms with E-state index in [0.29, 0.717) is 22.6 Å². The first-order chi connectivity index (χ1) is 12.6. The van der Waals surface area contributed by atoms with Gasteiger partial charge in [0, 0.05) is 11.1 Å². The molecule has 26 heavy (non-hydrogen) atoms. The van der Waals surface area contributed by atoms with E-state index in [1.54, 1.807) is 18.2 Å². The van der Waals surface area contributed by atoms with Gasteiger partial charge in [0.05, 0.1) is 7.11 Å². The minimum absolute atomic E-state index is 0.0245. The fourth-order valence-electron chi connectivity index (χ4n) is 3.09. The van der Waals surface area contributed by atoms with Crippen LogP contribution in [0, 0.1) is 0 Å². The minimum Gasteiger partial charge on any atom is -0.496 e. The molecule has 0 unspecified atom stereocenters. The highest BCUT2D eigenvalue weighted by Gasteiger charge is 2.13. The highest BCUT2D eigenvalue weighted by atomic mass is 16.6. The summed E-state index contributed by atoms with van der Waals surface area (Å²) in [4.78, 5) is 23.5. The van der Waals surface area contributed by atoms with Crippen LogP contribution >= 0.6 is 0 Å². The van der Waals surface area contributed by atoms with Gasteiger partial charge in [-0.1, -0.05) is 6.07 Å². The largest absolute Gasteiger partial charge is 0.496 e. The molecule has 0 aromatic heterocycles. The first-order valence-electron chi connectivity index (χ1n) is 8.65. The maximum absolute atomic E-state index is 12.0. The summed E-state index contributed by atoms with van der Waals surface area (Å²) < 4.78 is 16.1. The molecule has 0 atom stereocenters. The van der Waals surface area contributed by atoms with Crippen LogP contribution in [0.15, 0.2) is 36.4 Å². The lowest BCUT2D eigenvalue weighted by Gasteiger charge is -2.11. The van der Waals surface area contributed by atoms with Crippen molar-refractivity contribution in [1.29, 1.82) is 0 Å². The molecule has 0 radical (unpaired) electrons.